The van der Waals surface area contributed by atoms with Crippen LogP contribution < -0.4 is 27.8 Å². The molecule has 11 N–H and O–H groups in total. The number of H-pyrrole nitrogens is 1. The number of aliphatic carboxylic acids is 1. The largest absolute Gasteiger partial charge is 0.480 e. The highest BCUT2D eigenvalue weighted by molar-refractivity contribution is 5.95. The number of guanidine groups is 1. The molecule has 1 aliphatic heterocycles. The first kappa shape index (κ1) is 30.4. The number of carboxylic acids is 1. The number of amides is 3. The normalized spacial score (nSPS) is 18.0. The smallest absolute Gasteiger partial charge is 0.326 e. The van der Waals surface area contributed by atoms with E-state index in [4.69, 9.17) is 17.2 Å². The van der Waals surface area contributed by atoms with Gasteiger partial charge in [0.25, 0.3) is 0 Å². The van der Waals surface area contributed by atoms with Gasteiger partial charge in [0.15, 0.2) is 5.96 Å². The van der Waals surface area contributed by atoms with E-state index in [1.807, 2.05) is 24.3 Å². The molecule has 3 rings (SSSR count). The van der Waals surface area contributed by atoms with E-state index in [0.29, 0.717) is 19.3 Å². The Bertz CT molecular complexity index is 1240. The lowest BCUT2D eigenvalue weighted by molar-refractivity contribution is -0.145. The van der Waals surface area contributed by atoms with E-state index in [-0.39, 0.29) is 31.9 Å². The van der Waals surface area contributed by atoms with Crippen molar-refractivity contribution >= 4 is 40.6 Å². The van der Waals surface area contributed by atoms with E-state index in [1.54, 1.807) is 6.20 Å². The van der Waals surface area contributed by atoms with Gasteiger partial charge in [-0.05, 0) is 44.2 Å². The van der Waals surface area contributed by atoms with Crippen LogP contribution in [0.2, 0.25) is 0 Å². The number of fused-ring (bicyclic) bond motifs is 1. The fraction of sp³-hybridized carbons (Fsp3) is 0.500. The molecule has 14 heteroatoms. The molecule has 0 radical (unpaired) electrons. The molecule has 3 amide bonds. The number of carbonyl (C=O) groups excluding carboxylic acids is 3. The maximum atomic E-state index is 13.6. The molecule has 1 aromatic carbocycles. The van der Waals surface area contributed by atoms with Crippen LogP contribution in [-0.4, -0.2) is 93.1 Å². The van der Waals surface area contributed by atoms with Gasteiger partial charge in [-0.1, -0.05) is 18.2 Å². The lowest BCUT2D eigenvalue weighted by atomic mass is 10.0. The zero-order chi connectivity index (χ0) is 29.4. The van der Waals surface area contributed by atoms with Crippen molar-refractivity contribution in [3.63, 3.8) is 0 Å². The summed E-state index contributed by atoms with van der Waals surface area (Å²) in [5.41, 5.74) is 18.0. The number of aromatic amines is 1. The molecule has 5 atom stereocenters. The van der Waals surface area contributed by atoms with Crippen LogP contribution in [0.25, 0.3) is 10.9 Å². The highest BCUT2D eigenvalue weighted by Gasteiger charge is 2.39. The summed E-state index contributed by atoms with van der Waals surface area (Å²) in [7, 11) is 0. The molecule has 5 unspecified atom stereocenters. The Hall–Kier alpha value is -4.17. The molecular weight excluding hydrogens is 520 g/mol. The van der Waals surface area contributed by atoms with E-state index in [9.17, 15) is 29.4 Å². The van der Waals surface area contributed by atoms with Crippen molar-refractivity contribution in [3.8, 4) is 0 Å². The summed E-state index contributed by atoms with van der Waals surface area (Å²) in [4.78, 5) is 59.8. The monoisotopic (exact) mass is 558 g/mol. The maximum absolute atomic E-state index is 13.6. The molecule has 40 heavy (non-hydrogen) atoms. The highest BCUT2D eigenvalue weighted by atomic mass is 16.4. The molecule has 0 spiro atoms. The van der Waals surface area contributed by atoms with Gasteiger partial charge in [-0.15, -0.1) is 0 Å². The molecule has 1 fully saturated rings. The van der Waals surface area contributed by atoms with E-state index in [1.165, 1.54) is 11.8 Å². The number of rotatable bonds is 13. The van der Waals surface area contributed by atoms with Crippen LogP contribution in [-0.2, 0) is 25.6 Å². The first-order valence-corrected chi connectivity index (χ1v) is 13.2. The number of aliphatic hydroxyl groups excluding tert-OH is 1. The molecule has 1 saturated heterocycles. The minimum absolute atomic E-state index is 0.0481. The summed E-state index contributed by atoms with van der Waals surface area (Å²) < 4.78 is 0. The number of likely N-dealkylation sites (tertiary alicyclic amines) is 1. The van der Waals surface area contributed by atoms with E-state index in [0.717, 1.165) is 16.5 Å². The van der Waals surface area contributed by atoms with Crippen molar-refractivity contribution in [1.29, 1.82) is 0 Å². The second-order valence-corrected chi connectivity index (χ2v) is 9.93. The lowest BCUT2D eigenvalue weighted by Gasteiger charge is -2.30. The SMILES string of the molecule is CC(O)C(N)C(=O)NC(CCCN=C(N)N)C(=O)N1CCCC1C(=O)NC(Cc1c[nH]c2ccccc12)C(=O)O. The van der Waals surface area contributed by atoms with E-state index >= 15 is 0 Å². The van der Waals surface area contributed by atoms with Gasteiger partial charge in [-0.25, -0.2) is 4.79 Å². The summed E-state index contributed by atoms with van der Waals surface area (Å²) in [6.45, 7) is 1.82. The Balaban J connectivity index is 1.73. The Kier molecular flexibility index (Phi) is 10.4. The van der Waals surface area contributed by atoms with Crippen molar-refractivity contribution < 1.29 is 29.4 Å². The molecule has 0 aliphatic carbocycles. The number of nitrogens with two attached hydrogens (primary N) is 3. The Labute approximate surface area is 231 Å². The average Bonchev–Trinajstić information content (AvgIpc) is 3.56. The Morgan fingerprint density at radius 2 is 1.90 bits per heavy atom. The summed E-state index contributed by atoms with van der Waals surface area (Å²) in [6, 6.07) is 2.99. The van der Waals surface area contributed by atoms with Crippen LogP contribution in [0.5, 0.6) is 0 Å². The first-order valence-electron chi connectivity index (χ1n) is 13.2. The minimum Gasteiger partial charge on any atom is -0.480 e. The molecule has 0 bridgehead atoms. The van der Waals surface area contributed by atoms with Crippen LogP contribution in [0.4, 0.5) is 0 Å². The highest BCUT2D eigenvalue weighted by Crippen LogP contribution is 2.22. The predicted octanol–water partition coefficient (Wildman–Crippen LogP) is -1.48. The fourth-order valence-corrected chi connectivity index (χ4v) is 4.74. The predicted molar refractivity (Wildman–Crippen MR) is 148 cm³/mol. The van der Waals surface area contributed by atoms with Gasteiger partial charge in [0.1, 0.15) is 24.2 Å². The number of benzene rings is 1. The molecule has 0 saturated carbocycles. The van der Waals surface area contributed by atoms with Crippen LogP contribution in [0, 0.1) is 0 Å². The molecule has 2 heterocycles. The van der Waals surface area contributed by atoms with Gasteiger partial charge in [0.2, 0.25) is 17.7 Å². The minimum atomic E-state index is -1.26. The molecular formula is C26H38N8O6. The number of carboxylic acid groups (broad SMARTS) is 1. The fourth-order valence-electron chi connectivity index (χ4n) is 4.74. The summed E-state index contributed by atoms with van der Waals surface area (Å²) in [5, 5.41) is 25.6. The third kappa shape index (κ3) is 7.70. The third-order valence-corrected chi connectivity index (χ3v) is 6.93. The molecule has 1 aliphatic rings. The first-order chi connectivity index (χ1) is 19.0. The van der Waals surface area contributed by atoms with Crippen molar-refractivity contribution in [2.45, 2.75) is 69.3 Å². The number of hydrogen-bond donors (Lipinski definition) is 8. The number of nitrogens with zero attached hydrogens (tertiary/aromatic N) is 2. The summed E-state index contributed by atoms with van der Waals surface area (Å²) in [5.74, 6) is -3.15. The number of aliphatic hydroxyl groups is 1. The number of aromatic nitrogens is 1. The maximum Gasteiger partial charge on any atom is 0.326 e. The van der Waals surface area contributed by atoms with Gasteiger partial charge in [-0.2, -0.15) is 0 Å². The van der Waals surface area contributed by atoms with Crippen molar-refractivity contribution in [2.75, 3.05) is 13.1 Å². The zero-order valence-corrected chi connectivity index (χ0v) is 22.4. The standard InChI is InChI=1S/C26H38N8O6/c1-14(35)21(27)23(37)32-18(8-4-10-30-26(28)29)24(38)34-11-5-9-20(34)22(36)33-19(25(39)40)12-15-13-31-17-7-3-2-6-16(15)17/h2-3,6-7,13-14,18-21,31,35H,4-5,8-12,27H2,1H3,(H,32,37)(H,33,36)(H,39,40)(H4,28,29,30). The molecule has 2 aromatic rings. The van der Waals surface area contributed by atoms with Gasteiger partial charge < -0.3 is 47.9 Å². The van der Waals surface area contributed by atoms with Crippen LogP contribution in [0.1, 0.15) is 38.2 Å². The van der Waals surface area contributed by atoms with Crippen LogP contribution >= 0.6 is 0 Å². The second kappa shape index (κ2) is 13.8. The number of para-hydroxylation sites is 1. The van der Waals surface area contributed by atoms with E-state index in [2.05, 4.69) is 20.6 Å². The topological polar surface area (TPSA) is 242 Å². The van der Waals surface area contributed by atoms with Crippen LogP contribution in [0.3, 0.4) is 0 Å². The summed E-state index contributed by atoms with van der Waals surface area (Å²) in [6.07, 6.45) is 1.96. The average molecular weight is 559 g/mol. The number of hydrogen-bond acceptors (Lipinski definition) is 7. The van der Waals surface area contributed by atoms with Gasteiger partial charge in [-0.3, -0.25) is 19.4 Å². The summed E-state index contributed by atoms with van der Waals surface area (Å²) >= 11 is 0. The quantitative estimate of drug-likeness (QED) is 0.0810. The van der Waals surface area contributed by atoms with Gasteiger partial charge >= 0.3 is 5.97 Å². The Morgan fingerprint density at radius 1 is 1.18 bits per heavy atom. The van der Waals surface area contributed by atoms with Crippen molar-refractivity contribution in [1.82, 2.24) is 20.5 Å². The zero-order valence-electron chi connectivity index (χ0n) is 22.4. The van der Waals surface area contributed by atoms with E-state index < -0.39 is 54.0 Å². The third-order valence-electron chi connectivity index (χ3n) is 6.93. The number of aliphatic imine (C=N–C) groups is 1. The van der Waals surface area contributed by atoms with Crippen molar-refractivity contribution in [2.24, 2.45) is 22.2 Å². The number of nitrogens with one attached hydrogen (secondary N) is 3. The Morgan fingerprint density at radius 3 is 2.58 bits per heavy atom. The second-order valence-electron chi connectivity index (χ2n) is 9.93. The molecule has 1 aromatic heterocycles. The lowest BCUT2D eigenvalue weighted by Crippen LogP contribution is -2.58. The van der Waals surface area contributed by atoms with Crippen molar-refractivity contribution in [3.05, 3.63) is 36.0 Å². The molecule has 218 valence electrons. The number of carbonyl (C=O) groups is 4. The van der Waals surface area contributed by atoms with Crippen LogP contribution in [0.15, 0.2) is 35.5 Å². The van der Waals surface area contributed by atoms with Gasteiger partial charge in [0.05, 0.1) is 6.10 Å². The molecule has 14 nitrogen and oxygen atoms in total. The van der Waals surface area contributed by atoms with Gasteiger partial charge in [0, 0.05) is 36.6 Å².